The van der Waals surface area contributed by atoms with Crippen molar-refractivity contribution >= 4 is 15.7 Å². The summed E-state index contributed by atoms with van der Waals surface area (Å²) in [5.74, 6) is 0.789. The van der Waals surface area contributed by atoms with E-state index in [0.717, 1.165) is 24.3 Å². The van der Waals surface area contributed by atoms with Crippen molar-refractivity contribution < 1.29 is 8.42 Å². The maximum Gasteiger partial charge on any atom is 0.156 e. The normalized spacial score (nSPS) is 24.3. The molecular weight excluding hydrogens is 240 g/mol. The van der Waals surface area contributed by atoms with E-state index in [1.165, 1.54) is 0 Å². The van der Waals surface area contributed by atoms with Gasteiger partial charge in [0.15, 0.2) is 9.84 Å². The Morgan fingerprint density at radius 3 is 2.76 bits per heavy atom. The van der Waals surface area contributed by atoms with E-state index >= 15 is 0 Å². The lowest BCUT2D eigenvalue weighted by molar-refractivity contribution is 0.129. The third-order valence-corrected chi connectivity index (χ3v) is 5.10. The first-order chi connectivity index (χ1) is 7.96. The molecule has 0 amide bonds. The maximum absolute atomic E-state index is 11.7. The quantitative estimate of drug-likeness (QED) is 0.727. The number of rotatable bonds is 1. The van der Waals surface area contributed by atoms with E-state index in [2.05, 4.69) is 10.00 Å². The van der Waals surface area contributed by atoms with Gasteiger partial charge < -0.3 is 10.6 Å². The smallest absolute Gasteiger partial charge is 0.156 e. The number of aromatic nitrogens is 2. The van der Waals surface area contributed by atoms with Crippen molar-refractivity contribution in [1.29, 1.82) is 0 Å². The van der Waals surface area contributed by atoms with Crippen LogP contribution in [-0.4, -0.2) is 49.0 Å². The number of anilines is 1. The summed E-state index contributed by atoms with van der Waals surface area (Å²) in [6.07, 6.45) is 0.506. The average Bonchev–Trinajstić information content (AvgIpc) is 2.49. The molecule has 2 aliphatic heterocycles. The van der Waals surface area contributed by atoms with E-state index < -0.39 is 9.84 Å². The number of hydrogen-bond donors (Lipinski definition) is 1. The Labute approximate surface area is 100 Å². The number of nitrogens with two attached hydrogens (primary N) is 1. The average molecular weight is 256 g/mol. The fourth-order valence-corrected chi connectivity index (χ4v) is 3.99. The number of nitrogen functional groups attached to an aromatic ring is 1. The fraction of sp³-hybridized carbons (Fsp3) is 0.700. The first-order valence-corrected chi connectivity index (χ1v) is 7.53. The first-order valence-electron chi connectivity index (χ1n) is 5.71. The van der Waals surface area contributed by atoms with Crippen LogP contribution in [-0.2, 0) is 22.0 Å². The SMILES string of the molecule is CN1CC(n2nc(N)c3c2CS(=O)(=O)CC3)C1. The molecule has 0 atom stereocenters. The van der Waals surface area contributed by atoms with E-state index in [1.807, 2.05) is 11.7 Å². The predicted octanol–water partition coefficient (Wildman–Crippen LogP) is -0.577. The molecule has 0 saturated carbocycles. The number of likely N-dealkylation sites (N-methyl/N-ethyl adjacent to an activating group) is 1. The highest BCUT2D eigenvalue weighted by Crippen LogP contribution is 2.30. The molecule has 7 heteroatoms. The van der Waals surface area contributed by atoms with Crippen LogP contribution in [0.3, 0.4) is 0 Å². The molecule has 0 aromatic carbocycles. The molecule has 1 saturated heterocycles. The van der Waals surface area contributed by atoms with Gasteiger partial charge in [0, 0.05) is 18.7 Å². The zero-order chi connectivity index (χ0) is 12.2. The summed E-state index contributed by atoms with van der Waals surface area (Å²) >= 11 is 0. The molecule has 1 aromatic rings. The van der Waals surface area contributed by atoms with Crippen LogP contribution in [0.15, 0.2) is 0 Å². The van der Waals surface area contributed by atoms with Gasteiger partial charge in [0.25, 0.3) is 0 Å². The van der Waals surface area contributed by atoms with Gasteiger partial charge in [0.2, 0.25) is 0 Å². The molecule has 0 spiro atoms. The minimum Gasteiger partial charge on any atom is -0.382 e. The van der Waals surface area contributed by atoms with Crippen molar-refractivity contribution in [2.75, 3.05) is 31.6 Å². The highest BCUT2D eigenvalue weighted by atomic mass is 32.2. The van der Waals surface area contributed by atoms with Gasteiger partial charge in [-0.25, -0.2) is 8.42 Å². The van der Waals surface area contributed by atoms with E-state index in [9.17, 15) is 8.42 Å². The van der Waals surface area contributed by atoms with Crippen LogP contribution in [0.4, 0.5) is 5.82 Å². The lowest BCUT2D eigenvalue weighted by atomic mass is 10.1. The molecular formula is C10H16N4O2S. The lowest BCUT2D eigenvalue weighted by Gasteiger charge is -2.37. The van der Waals surface area contributed by atoms with Crippen molar-refractivity contribution in [2.24, 2.45) is 0 Å². The third kappa shape index (κ3) is 1.73. The van der Waals surface area contributed by atoms with E-state index in [4.69, 9.17) is 5.73 Å². The van der Waals surface area contributed by atoms with Gasteiger partial charge in [-0.1, -0.05) is 0 Å². The van der Waals surface area contributed by atoms with Crippen molar-refractivity contribution in [2.45, 2.75) is 18.2 Å². The van der Waals surface area contributed by atoms with Gasteiger partial charge in [-0.3, -0.25) is 4.68 Å². The second-order valence-corrected chi connectivity index (χ2v) is 7.16. The van der Waals surface area contributed by atoms with Gasteiger partial charge in [-0.05, 0) is 13.5 Å². The summed E-state index contributed by atoms with van der Waals surface area (Å²) in [7, 11) is -0.932. The van der Waals surface area contributed by atoms with Crippen molar-refractivity contribution in [1.82, 2.24) is 14.7 Å². The Morgan fingerprint density at radius 1 is 1.41 bits per heavy atom. The van der Waals surface area contributed by atoms with Crippen LogP contribution in [0.25, 0.3) is 0 Å². The van der Waals surface area contributed by atoms with Gasteiger partial charge >= 0.3 is 0 Å². The Hall–Kier alpha value is -1.08. The van der Waals surface area contributed by atoms with Gasteiger partial charge in [0.05, 0.1) is 23.2 Å². The van der Waals surface area contributed by atoms with Crippen LogP contribution in [0.5, 0.6) is 0 Å². The molecule has 1 aromatic heterocycles. The van der Waals surface area contributed by atoms with E-state index in [-0.39, 0.29) is 17.5 Å². The molecule has 1 fully saturated rings. The minimum absolute atomic E-state index is 0.0900. The molecule has 2 aliphatic rings. The molecule has 3 heterocycles. The van der Waals surface area contributed by atoms with E-state index in [1.54, 1.807) is 0 Å². The summed E-state index contributed by atoms with van der Waals surface area (Å²) in [6.45, 7) is 1.82. The van der Waals surface area contributed by atoms with Crippen molar-refractivity contribution in [3.63, 3.8) is 0 Å². The maximum atomic E-state index is 11.7. The van der Waals surface area contributed by atoms with Crippen LogP contribution in [0, 0.1) is 0 Å². The molecule has 2 N–H and O–H groups in total. The molecule has 0 aliphatic carbocycles. The first kappa shape index (κ1) is 11.0. The zero-order valence-electron chi connectivity index (χ0n) is 9.76. The minimum atomic E-state index is -2.97. The Balaban J connectivity index is 2.01. The summed E-state index contributed by atoms with van der Waals surface area (Å²) < 4.78 is 25.2. The topological polar surface area (TPSA) is 81.2 Å². The Bertz CT molecular complexity index is 557. The van der Waals surface area contributed by atoms with Gasteiger partial charge in [-0.15, -0.1) is 0 Å². The highest BCUT2D eigenvalue weighted by molar-refractivity contribution is 7.90. The fourth-order valence-electron chi connectivity index (χ4n) is 2.61. The number of hydrogen-bond acceptors (Lipinski definition) is 5. The van der Waals surface area contributed by atoms with Crippen molar-refractivity contribution in [3.8, 4) is 0 Å². The predicted molar refractivity (Wildman–Crippen MR) is 64.4 cm³/mol. The monoisotopic (exact) mass is 256 g/mol. The van der Waals surface area contributed by atoms with Crippen LogP contribution in [0.1, 0.15) is 17.3 Å². The summed E-state index contributed by atoms with van der Waals surface area (Å²) in [6, 6.07) is 0.277. The molecule has 6 nitrogen and oxygen atoms in total. The van der Waals surface area contributed by atoms with Crippen LogP contribution in [0.2, 0.25) is 0 Å². The second-order valence-electron chi connectivity index (χ2n) is 4.97. The summed E-state index contributed by atoms with van der Waals surface area (Å²) in [4.78, 5) is 2.17. The van der Waals surface area contributed by atoms with E-state index in [0.29, 0.717) is 12.2 Å². The van der Waals surface area contributed by atoms with Crippen molar-refractivity contribution in [3.05, 3.63) is 11.3 Å². The lowest BCUT2D eigenvalue weighted by Crippen LogP contribution is -2.46. The largest absolute Gasteiger partial charge is 0.382 e. The standard InChI is InChI=1S/C10H16N4O2S/c1-13-4-7(5-13)14-9-6-17(15,16)3-2-8(9)10(11)12-14/h7H,2-6H2,1H3,(H2,11,12). The third-order valence-electron chi connectivity index (χ3n) is 3.56. The number of likely N-dealkylation sites (tertiary alicyclic amines) is 1. The zero-order valence-corrected chi connectivity index (χ0v) is 10.6. The molecule has 0 bridgehead atoms. The van der Waals surface area contributed by atoms with Crippen LogP contribution < -0.4 is 5.73 Å². The Morgan fingerprint density at radius 2 is 2.12 bits per heavy atom. The molecule has 0 unspecified atom stereocenters. The molecule has 17 heavy (non-hydrogen) atoms. The highest BCUT2D eigenvalue weighted by Gasteiger charge is 2.33. The molecule has 94 valence electrons. The van der Waals surface area contributed by atoms with Crippen LogP contribution >= 0.6 is 0 Å². The van der Waals surface area contributed by atoms with Gasteiger partial charge in [0.1, 0.15) is 5.82 Å². The molecule has 0 radical (unpaired) electrons. The summed E-state index contributed by atoms with van der Waals surface area (Å²) in [5.41, 5.74) is 7.61. The second kappa shape index (κ2) is 3.46. The summed E-state index contributed by atoms with van der Waals surface area (Å²) in [5, 5.41) is 4.32. The Kier molecular flexibility index (Phi) is 2.24. The van der Waals surface area contributed by atoms with Gasteiger partial charge in [-0.2, -0.15) is 5.10 Å². The number of nitrogens with zero attached hydrogens (tertiary/aromatic N) is 3. The molecule has 3 rings (SSSR count). The number of fused-ring (bicyclic) bond motifs is 1. The number of sulfone groups is 1.